The molecule has 3 aromatic carbocycles. The number of hydrogen-bond acceptors (Lipinski definition) is 7. The number of hydrazone groups is 1. The lowest BCUT2D eigenvalue weighted by Crippen LogP contribution is -2.16. The van der Waals surface area contributed by atoms with Gasteiger partial charge in [-0.1, -0.05) is 30.3 Å². The van der Waals surface area contributed by atoms with Gasteiger partial charge in [0.2, 0.25) is 0 Å². The number of benzene rings is 3. The van der Waals surface area contributed by atoms with Gasteiger partial charge in [0.25, 0.3) is 11.6 Å². The average Bonchev–Trinajstić information content (AvgIpc) is 3.28. The van der Waals surface area contributed by atoms with Crippen LogP contribution < -0.4 is 14.9 Å². The van der Waals surface area contributed by atoms with Crippen LogP contribution in [0.15, 0.2) is 76.3 Å². The molecule has 0 saturated carbocycles. The second-order valence-electron chi connectivity index (χ2n) is 7.09. The predicted octanol–water partition coefficient (Wildman–Crippen LogP) is 5.92. The smallest absolute Gasteiger partial charge is 0.281 e. The molecule has 0 radical (unpaired) electrons. The van der Waals surface area contributed by atoms with Crippen LogP contribution in [-0.4, -0.2) is 24.2 Å². The van der Waals surface area contributed by atoms with E-state index < -0.39 is 10.8 Å². The maximum atomic E-state index is 12.5. The van der Waals surface area contributed by atoms with Gasteiger partial charge in [-0.25, -0.2) is 5.43 Å². The molecular formula is C24H18BrN3O5S. The van der Waals surface area contributed by atoms with Crippen molar-refractivity contribution in [3.05, 3.63) is 97.3 Å². The summed E-state index contributed by atoms with van der Waals surface area (Å²) in [4.78, 5) is 23.4. The number of carbonyl (C=O) groups is 1. The van der Waals surface area contributed by atoms with Crippen LogP contribution in [0.3, 0.4) is 0 Å². The van der Waals surface area contributed by atoms with Crippen molar-refractivity contribution in [2.75, 3.05) is 7.11 Å². The number of carbonyl (C=O) groups excluding carboxylic acids is 1. The van der Waals surface area contributed by atoms with Crippen molar-refractivity contribution in [1.29, 1.82) is 0 Å². The zero-order chi connectivity index (χ0) is 24.1. The van der Waals surface area contributed by atoms with Gasteiger partial charge in [-0.15, -0.1) is 11.3 Å². The van der Waals surface area contributed by atoms with Gasteiger partial charge in [-0.05, 0) is 45.8 Å². The second-order valence-corrected chi connectivity index (χ2v) is 9.03. The average molecular weight is 540 g/mol. The number of rotatable bonds is 8. The molecular weight excluding hydrogens is 522 g/mol. The minimum Gasteiger partial charge on any atom is -0.493 e. The van der Waals surface area contributed by atoms with E-state index in [1.165, 1.54) is 29.7 Å². The topological polar surface area (TPSA) is 103 Å². The lowest BCUT2D eigenvalue weighted by atomic mass is 10.2. The van der Waals surface area contributed by atoms with E-state index in [1.807, 2.05) is 30.3 Å². The molecule has 1 amide bonds. The van der Waals surface area contributed by atoms with Gasteiger partial charge in [0.1, 0.15) is 6.61 Å². The number of ether oxygens (including phenoxy) is 2. The van der Waals surface area contributed by atoms with Crippen molar-refractivity contribution in [3.63, 3.8) is 0 Å². The molecule has 1 N–H and O–H groups in total. The van der Waals surface area contributed by atoms with Gasteiger partial charge in [-0.2, -0.15) is 5.10 Å². The maximum Gasteiger partial charge on any atom is 0.281 e. The lowest BCUT2D eigenvalue weighted by molar-refractivity contribution is -0.384. The lowest BCUT2D eigenvalue weighted by Gasteiger charge is -2.12. The highest BCUT2D eigenvalue weighted by molar-refractivity contribution is 9.10. The molecule has 34 heavy (non-hydrogen) atoms. The molecule has 0 aliphatic rings. The molecule has 0 atom stereocenters. The summed E-state index contributed by atoms with van der Waals surface area (Å²) in [5.41, 5.74) is 4.17. The Balaban J connectivity index is 1.45. The van der Waals surface area contributed by atoms with Crippen LogP contribution in [0.4, 0.5) is 5.69 Å². The molecule has 0 spiro atoms. The predicted molar refractivity (Wildman–Crippen MR) is 135 cm³/mol. The summed E-state index contributed by atoms with van der Waals surface area (Å²) >= 11 is 4.73. The first-order chi connectivity index (χ1) is 16.4. The van der Waals surface area contributed by atoms with Gasteiger partial charge < -0.3 is 9.47 Å². The fourth-order valence-electron chi connectivity index (χ4n) is 3.13. The van der Waals surface area contributed by atoms with Crippen LogP contribution in [-0.2, 0) is 6.61 Å². The van der Waals surface area contributed by atoms with E-state index in [1.54, 1.807) is 31.4 Å². The van der Waals surface area contributed by atoms with Crippen LogP contribution in [0.2, 0.25) is 0 Å². The van der Waals surface area contributed by atoms with Crippen molar-refractivity contribution in [3.8, 4) is 11.5 Å². The fourth-order valence-corrected chi connectivity index (χ4v) is 4.49. The summed E-state index contributed by atoms with van der Waals surface area (Å²) in [7, 11) is 1.55. The minimum absolute atomic E-state index is 0.0229. The highest BCUT2D eigenvalue weighted by Gasteiger charge is 2.14. The third-order valence-electron chi connectivity index (χ3n) is 4.82. The Bertz CT molecular complexity index is 1390. The number of hydrogen-bond donors (Lipinski definition) is 1. The summed E-state index contributed by atoms with van der Waals surface area (Å²) in [6, 6.07) is 19.4. The molecule has 0 fully saturated rings. The molecule has 172 valence electrons. The number of nitrogens with one attached hydrogen (secondary N) is 1. The minimum atomic E-state index is -0.467. The Labute approximate surface area is 207 Å². The van der Waals surface area contributed by atoms with Crippen molar-refractivity contribution >= 4 is 55.2 Å². The molecule has 1 heterocycles. The summed E-state index contributed by atoms with van der Waals surface area (Å²) in [6.07, 6.45) is 1.49. The SMILES string of the molecule is COc1cc(/C=N\NC(=O)c2cc3cc([N+](=O)[O-])ccc3s2)c(Br)cc1OCc1ccccc1. The number of halogens is 1. The van der Waals surface area contributed by atoms with Crippen LogP contribution in [0, 0.1) is 10.1 Å². The first-order valence-electron chi connectivity index (χ1n) is 10.0. The summed E-state index contributed by atoms with van der Waals surface area (Å²) in [5, 5.41) is 15.6. The zero-order valence-electron chi connectivity index (χ0n) is 17.9. The van der Waals surface area contributed by atoms with E-state index in [9.17, 15) is 14.9 Å². The van der Waals surface area contributed by atoms with E-state index in [0.29, 0.717) is 38.4 Å². The number of non-ortho nitro benzene ring substituents is 1. The second kappa shape index (κ2) is 10.4. The largest absolute Gasteiger partial charge is 0.493 e. The van der Waals surface area contributed by atoms with E-state index in [-0.39, 0.29) is 5.69 Å². The third kappa shape index (κ3) is 5.41. The molecule has 0 aliphatic carbocycles. The van der Waals surface area contributed by atoms with Crippen LogP contribution >= 0.6 is 27.3 Å². The number of nitro benzene ring substituents is 1. The van der Waals surface area contributed by atoms with Crippen molar-refractivity contribution < 1.29 is 19.2 Å². The van der Waals surface area contributed by atoms with E-state index >= 15 is 0 Å². The summed E-state index contributed by atoms with van der Waals surface area (Å²) in [5.74, 6) is 0.683. The number of thiophene rings is 1. The van der Waals surface area contributed by atoms with E-state index in [4.69, 9.17) is 9.47 Å². The molecule has 4 rings (SSSR count). The van der Waals surface area contributed by atoms with Gasteiger partial charge in [0, 0.05) is 32.3 Å². The van der Waals surface area contributed by atoms with Gasteiger partial charge in [-0.3, -0.25) is 14.9 Å². The van der Waals surface area contributed by atoms with Gasteiger partial charge >= 0.3 is 0 Å². The number of methoxy groups -OCH3 is 1. The molecule has 10 heteroatoms. The van der Waals surface area contributed by atoms with Gasteiger partial charge in [0.15, 0.2) is 11.5 Å². The Morgan fingerprint density at radius 3 is 2.68 bits per heavy atom. The normalized spacial score (nSPS) is 11.0. The Morgan fingerprint density at radius 1 is 1.15 bits per heavy atom. The standard InChI is InChI=1S/C24H18BrN3O5S/c1-32-20-10-17(19(25)12-21(20)33-14-15-5-3-2-4-6-15)13-26-27-24(29)23-11-16-9-18(28(30)31)7-8-22(16)34-23/h2-13H,14H2,1H3,(H,27,29)/b26-13-. The van der Waals surface area contributed by atoms with Crippen LogP contribution in [0.5, 0.6) is 11.5 Å². The molecule has 0 aliphatic heterocycles. The number of fused-ring (bicyclic) bond motifs is 1. The quantitative estimate of drug-likeness (QED) is 0.170. The molecule has 1 aromatic heterocycles. The highest BCUT2D eigenvalue weighted by Crippen LogP contribution is 2.33. The molecule has 0 saturated heterocycles. The Morgan fingerprint density at radius 2 is 1.94 bits per heavy atom. The molecule has 4 aromatic rings. The Hall–Kier alpha value is -3.76. The monoisotopic (exact) mass is 539 g/mol. The summed E-state index contributed by atoms with van der Waals surface area (Å²) < 4.78 is 12.8. The molecule has 0 unspecified atom stereocenters. The first-order valence-corrected chi connectivity index (χ1v) is 11.6. The number of amides is 1. The summed E-state index contributed by atoms with van der Waals surface area (Å²) in [6.45, 7) is 0.394. The maximum absolute atomic E-state index is 12.5. The number of nitro groups is 1. The van der Waals surface area contributed by atoms with Crippen LogP contribution in [0.1, 0.15) is 20.8 Å². The fraction of sp³-hybridized carbons (Fsp3) is 0.0833. The van der Waals surface area contributed by atoms with E-state index in [0.717, 1.165) is 10.3 Å². The van der Waals surface area contributed by atoms with Crippen molar-refractivity contribution in [2.24, 2.45) is 5.10 Å². The van der Waals surface area contributed by atoms with E-state index in [2.05, 4.69) is 26.5 Å². The van der Waals surface area contributed by atoms with Crippen molar-refractivity contribution in [2.45, 2.75) is 6.61 Å². The third-order valence-corrected chi connectivity index (χ3v) is 6.63. The molecule has 0 bridgehead atoms. The van der Waals surface area contributed by atoms with Crippen molar-refractivity contribution in [1.82, 2.24) is 5.43 Å². The van der Waals surface area contributed by atoms with Gasteiger partial charge in [0.05, 0.1) is 23.1 Å². The first kappa shape index (κ1) is 23.4. The molecule has 8 nitrogen and oxygen atoms in total. The zero-order valence-corrected chi connectivity index (χ0v) is 20.3. The number of nitrogens with zero attached hydrogens (tertiary/aromatic N) is 2. The highest BCUT2D eigenvalue weighted by atomic mass is 79.9. The van der Waals surface area contributed by atoms with Crippen LogP contribution in [0.25, 0.3) is 10.1 Å². The Kier molecular flexibility index (Phi) is 7.19.